The van der Waals surface area contributed by atoms with E-state index in [4.69, 9.17) is 16.7 Å². The Bertz CT molecular complexity index is 252. The number of benzene rings is 1. The van der Waals surface area contributed by atoms with Crippen molar-refractivity contribution in [3.05, 3.63) is 34.9 Å². The molecule has 0 aromatic heterocycles. The molecule has 0 aliphatic heterocycles. The molecule has 0 saturated carbocycles. The second-order valence-corrected chi connectivity index (χ2v) is 2.98. The van der Waals surface area contributed by atoms with Crippen LogP contribution in [0.2, 0.25) is 5.02 Å². The lowest BCUT2D eigenvalue weighted by Gasteiger charge is -2.05. The van der Waals surface area contributed by atoms with Gasteiger partial charge in [-0.3, -0.25) is 0 Å². The summed E-state index contributed by atoms with van der Waals surface area (Å²) in [6.07, 6.45) is -1.04. The van der Waals surface area contributed by atoms with Gasteiger partial charge in [0, 0.05) is 11.4 Å². The Morgan fingerprint density at radius 3 is 2.67 bits per heavy atom. The average molecular weight is 189 g/mol. The summed E-state index contributed by atoms with van der Waals surface area (Å²) in [5, 5.41) is 9.02. The van der Waals surface area contributed by atoms with Gasteiger partial charge in [0.05, 0.1) is 6.61 Å². The van der Waals surface area contributed by atoms with Crippen LogP contribution in [-0.4, -0.2) is 17.9 Å². The average Bonchev–Trinajstić information content (AvgIpc) is 2.09. The molecule has 0 amide bonds. The van der Waals surface area contributed by atoms with E-state index in [9.17, 15) is 4.39 Å². The SMILES string of the molecule is OCC(F)Cc1ccccc1Cl. The number of aliphatic hydroxyl groups is 1. The van der Waals surface area contributed by atoms with E-state index >= 15 is 0 Å². The standard InChI is InChI=1S/C9H10ClFO/c10-9-4-2-1-3-7(9)5-8(11)6-12/h1-4,8,12H,5-6H2. The topological polar surface area (TPSA) is 20.2 Å². The Hall–Kier alpha value is -0.600. The molecule has 0 fully saturated rings. The molecule has 0 saturated heterocycles. The van der Waals surface area contributed by atoms with Crippen LogP contribution in [0.3, 0.4) is 0 Å². The van der Waals surface area contributed by atoms with E-state index in [1.807, 2.05) is 0 Å². The van der Waals surface area contributed by atoms with Crippen molar-refractivity contribution in [1.29, 1.82) is 0 Å². The van der Waals surface area contributed by atoms with Crippen molar-refractivity contribution in [2.75, 3.05) is 6.61 Å². The minimum Gasteiger partial charge on any atom is -0.393 e. The first-order chi connectivity index (χ1) is 5.74. The van der Waals surface area contributed by atoms with E-state index < -0.39 is 12.8 Å². The number of halogens is 2. The van der Waals surface area contributed by atoms with Crippen molar-refractivity contribution in [3.8, 4) is 0 Å². The second kappa shape index (κ2) is 4.43. The van der Waals surface area contributed by atoms with Gasteiger partial charge in [0.25, 0.3) is 0 Å². The lowest BCUT2D eigenvalue weighted by molar-refractivity contribution is 0.177. The fourth-order valence-electron chi connectivity index (χ4n) is 0.967. The van der Waals surface area contributed by atoms with E-state index in [-0.39, 0.29) is 6.42 Å². The summed E-state index contributed by atoms with van der Waals surface area (Å²) in [7, 11) is 0. The molecule has 0 aliphatic rings. The molecule has 0 spiro atoms. The van der Waals surface area contributed by atoms with Crippen LogP contribution < -0.4 is 0 Å². The second-order valence-electron chi connectivity index (χ2n) is 2.58. The van der Waals surface area contributed by atoms with Crippen LogP contribution in [0.1, 0.15) is 5.56 Å². The molecule has 3 heteroatoms. The molecule has 1 atom stereocenters. The molecule has 1 rings (SSSR count). The predicted octanol–water partition coefficient (Wildman–Crippen LogP) is 2.21. The Balaban J connectivity index is 2.69. The van der Waals surface area contributed by atoms with Gasteiger partial charge in [-0.25, -0.2) is 4.39 Å². The third-order valence-electron chi connectivity index (χ3n) is 1.60. The summed E-state index contributed by atoms with van der Waals surface area (Å²) in [6, 6.07) is 7.05. The fourth-order valence-corrected chi connectivity index (χ4v) is 1.18. The first-order valence-corrected chi connectivity index (χ1v) is 4.10. The van der Waals surface area contributed by atoms with Gasteiger partial charge in [-0.15, -0.1) is 0 Å². The Kier molecular flexibility index (Phi) is 3.50. The third kappa shape index (κ3) is 2.47. The van der Waals surface area contributed by atoms with Gasteiger partial charge in [0.1, 0.15) is 6.17 Å². The maximum Gasteiger partial charge on any atom is 0.127 e. The Labute approximate surface area is 75.8 Å². The van der Waals surface area contributed by atoms with E-state index in [0.717, 1.165) is 5.56 Å². The van der Waals surface area contributed by atoms with Crippen LogP contribution >= 0.6 is 11.6 Å². The summed E-state index contributed by atoms with van der Waals surface area (Å²) in [5.74, 6) is 0. The molecule has 1 nitrogen and oxygen atoms in total. The van der Waals surface area contributed by atoms with Crippen molar-refractivity contribution >= 4 is 11.6 Å². The largest absolute Gasteiger partial charge is 0.393 e. The molecule has 1 aromatic carbocycles. The summed E-state index contributed by atoms with van der Waals surface area (Å²) < 4.78 is 12.7. The quantitative estimate of drug-likeness (QED) is 0.771. The third-order valence-corrected chi connectivity index (χ3v) is 1.97. The lowest BCUT2D eigenvalue weighted by Crippen LogP contribution is -2.09. The highest BCUT2D eigenvalue weighted by atomic mass is 35.5. The minimum atomic E-state index is -1.22. The van der Waals surface area contributed by atoms with Gasteiger partial charge in [0.2, 0.25) is 0 Å². The van der Waals surface area contributed by atoms with Crippen LogP contribution in [-0.2, 0) is 6.42 Å². The van der Waals surface area contributed by atoms with Crippen LogP contribution in [0.15, 0.2) is 24.3 Å². The van der Waals surface area contributed by atoms with Crippen LogP contribution in [0, 0.1) is 0 Å². The van der Waals surface area contributed by atoms with Gasteiger partial charge < -0.3 is 5.11 Å². The zero-order valence-corrected chi connectivity index (χ0v) is 7.26. The predicted molar refractivity (Wildman–Crippen MR) is 47.1 cm³/mol. The van der Waals surface area contributed by atoms with Gasteiger partial charge in [0.15, 0.2) is 0 Å². The highest BCUT2D eigenvalue weighted by Crippen LogP contribution is 2.17. The first kappa shape index (κ1) is 9.49. The van der Waals surface area contributed by atoms with E-state index in [2.05, 4.69) is 0 Å². The maximum atomic E-state index is 12.7. The molecule has 0 heterocycles. The molecule has 1 N–H and O–H groups in total. The zero-order valence-electron chi connectivity index (χ0n) is 6.50. The lowest BCUT2D eigenvalue weighted by atomic mass is 10.1. The van der Waals surface area contributed by atoms with Gasteiger partial charge in [-0.2, -0.15) is 0 Å². The highest BCUT2D eigenvalue weighted by Gasteiger charge is 2.07. The van der Waals surface area contributed by atoms with E-state index in [1.165, 1.54) is 0 Å². The van der Waals surface area contributed by atoms with E-state index in [1.54, 1.807) is 24.3 Å². The fraction of sp³-hybridized carbons (Fsp3) is 0.333. The normalized spacial score (nSPS) is 12.9. The van der Waals surface area contributed by atoms with Crippen molar-refractivity contribution in [2.45, 2.75) is 12.6 Å². The molecule has 66 valence electrons. The zero-order chi connectivity index (χ0) is 8.97. The van der Waals surface area contributed by atoms with Crippen LogP contribution in [0.25, 0.3) is 0 Å². The number of aliphatic hydroxyl groups excluding tert-OH is 1. The first-order valence-electron chi connectivity index (χ1n) is 3.72. The maximum absolute atomic E-state index is 12.7. The molecular weight excluding hydrogens is 179 g/mol. The summed E-state index contributed by atoms with van der Waals surface area (Å²) in [5.41, 5.74) is 0.737. The molecule has 0 bridgehead atoms. The molecule has 1 aromatic rings. The van der Waals surface area contributed by atoms with Crippen molar-refractivity contribution in [2.24, 2.45) is 0 Å². The number of rotatable bonds is 3. The monoisotopic (exact) mass is 188 g/mol. The highest BCUT2D eigenvalue weighted by molar-refractivity contribution is 6.31. The van der Waals surface area contributed by atoms with Gasteiger partial charge >= 0.3 is 0 Å². The summed E-state index contributed by atoms with van der Waals surface area (Å²) in [4.78, 5) is 0. The van der Waals surface area contributed by atoms with Crippen molar-refractivity contribution in [1.82, 2.24) is 0 Å². The molecule has 0 radical (unpaired) electrons. The van der Waals surface area contributed by atoms with Crippen molar-refractivity contribution < 1.29 is 9.50 Å². The van der Waals surface area contributed by atoms with E-state index in [0.29, 0.717) is 5.02 Å². The molecule has 0 aliphatic carbocycles. The molecular formula is C9H10ClFO. The molecule has 12 heavy (non-hydrogen) atoms. The van der Waals surface area contributed by atoms with Gasteiger partial charge in [-0.05, 0) is 11.6 Å². The number of hydrogen-bond donors (Lipinski definition) is 1. The number of alkyl halides is 1. The Morgan fingerprint density at radius 2 is 2.08 bits per heavy atom. The van der Waals surface area contributed by atoms with Crippen LogP contribution in [0.5, 0.6) is 0 Å². The minimum absolute atomic E-state index is 0.177. The Morgan fingerprint density at radius 1 is 1.42 bits per heavy atom. The van der Waals surface area contributed by atoms with Gasteiger partial charge in [-0.1, -0.05) is 29.8 Å². The number of hydrogen-bond acceptors (Lipinski definition) is 1. The van der Waals surface area contributed by atoms with Crippen LogP contribution in [0.4, 0.5) is 4.39 Å². The summed E-state index contributed by atoms with van der Waals surface area (Å²) in [6.45, 7) is -0.453. The summed E-state index contributed by atoms with van der Waals surface area (Å²) >= 11 is 5.78. The van der Waals surface area contributed by atoms with Crippen molar-refractivity contribution in [3.63, 3.8) is 0 Å². The smallest absolute Gasteiger partial charge is 0.127 e. The molecule has 1 unspecified atom stereocenters.